The fourth-order valence-electron chi connectivity index (χ4n) is 4.04. The van der Waals surface area contributed by atoms with Gasteiger partial charge < -0.3 is 0 Å². The molecule has 4 unspecified atom stereocenters. The highest BCUT2D eigenvalue weighted by Crippen LogP contribution is 2.45. The summed E-state index contributed by atoms with van der Waals surface area (Å²) in [5.74, 6) is 2.69. The smallest absolute Gasteiger partial charge is 0.211 e. The van der Waals surface area contributed by atoms with E-state index in [1.165, 1.54) is 19.3 Å². The van der Waals surface area contributed by atoms with E-state index in [9.17, 15) is 9.59 Å². The first-order valence-electron chi connectivity index (χ1n) is 7.85. The first-order valence-corrected chi connectivity index (χ1v) is 7.85. The van der Waals surface area contributed by atoms with Gasteiger partial charge in [0.1, 0.15) is 0 Å². The summed E-state index contributed by atoms with van der Waals surface area (Å²) in [4.78, 5) is 27.9. The molecular formula is C16H26N2O2. The number of aliphatic imine (C=N–C) groups is 2. The lowest BCUT2D eigenvalue weighted by molar-refractivity contribution is 0.0738. The third kappa shape index (κ3) is 4.70. The highest BCUT2D eigenvalue weighted by molar-refractivity contribution is 5.33. The van der Waals surface area contributed by atoms with E-state index in [0.717, 1.165) is 25.2 Å². The van der Waals surface area contributed by atoms with E-state index in [1.807, 2.05) is 0 Å². The van der Waals surface area contributed by atoms with Crippen LogP contribution in [0.25, 0.3) is 0 Å². The average molecular weight is 278 g/mol. The molecule has 4 heteroatoms. The van der Waals surface area contributed by atoms with E-state index < -0.39 is 0 Å². The normalized spacial score (nSPS) is 29.3. The molecule has 20 heavy (non-hydrogen) atoms. The molecular weight excluding hydrogens is 252 g/mol. The molecule has 1 aliphatic rings. The molecule has 0 radical (unpaired) electrons. The van der Waals surface area contributed by atoms with Crippen molar-refractivity contribution in [1.29, 1.82) is 0 Å². The van der Waals surface area contributed by atoms with E-state index in [4.69, 9.17) is 0 Å². The first kappa shape index (κ1) is 16.8. The van der Waals surface area contributed by atoms with Gasteiger partial charge in [0.15, 0.2) is 0 Å². The van der Waals surface area contributed by atoms with Crippen molar-refractivity contribution in [3.05, 3.63) is 0 Å². The molecule has 0 spiro atoms. The second kappa shape index (κ2) is 9.63. The highest BCUT2D eigenvalue weighted by atomic mass is 16.1. The molecule has 4 nitrogen and oxygen atoms in total. The highest BCUT2D eigenvalue weighted by Gasteiger charge is 2.36. The van der Waals surface area contributed by atoms with Crippen molar-refractivity contribution < 1.29 is 9.59 Å². The summed E-state index contributed by atoms with van der Waals surface area (Å²) < 4.78 is 0. The van der Waals surface area contributed by atoms with Gasteiger partial charge in [-0.2, -0.15) is 0 Å². The lowest BCUT2D eigenvalue weighted by atomic mass is 9.63. The van der Waals surface area contributed by atoms with Gasteiger partial charge in [-0.05, 0) is 49.4 Å². The Morgan fingerprint density at radius 3 is 2.00 bits per heavy atom. The van der Waals surface area contributed by atoms with Crippen LogP contribution in [0.2, 0.25) is 0 Å². The van der Waals surface area contributed by atoms with Crippen LogP contribution in [0.5, 0.6) is 0 Å². The fraction of sp³-hybridized carbons (Fsp3) is 0.875. The second-order valence-corrected chi connectivity index (χ2v) is 5.77. The van der Waals surface area contributed by atoms with Gasteiger partial charge in [-0.25, -0.2) is 19.6 Å². The van der Waals surface area contributed by atoms with Crippen molar-refractivity contribution >= 4 is 12.2 Å². The molecule has 0 amide bonds. The third-order valence-corrected chi connectivity index (χ3v) is 4.98. The predicted octanol–water partition coefficient (Wildman–Crippen LogP) is 3.52. The van der Waals surface area contributed by atoms with E-state index in [1.54, 1.807) is 12.2 Å². The van der Waals surface area contributed by atoms with E-state index in [-0.39, 0.29) is 0 Å². The van der Waals surface area contributed by atoms with Gasteiger partial charge in [-0.15, -0.1) is 0 Å². The SMILES string of the molecule is CCC1CCC(CCN=C=O)C(CC)C1CCN=C=O. The number of nitrogens with zero attached hydrogens (tertiary/aromatic N) is 2. The topological polar surface area (TPSA) is 58.9 Å². The molecule has 0 bridgehead atoms. The number of hydrogen-bond donors (Lipinski definition) is 0. The molecule has 0 heterocycles. The maximum absolute atomic E-state index is 10.2. The van der Waals surface area contributed by atoms with Crippen LogP contribution in [-0.2, 0) is 9.59 Å². The van der Waals surface area contributed by atoms with Gasteiger partial charge in [0, 0.05) is 0 Å². The van der Waals surface area contributed by atoms with Crippen LogP contribution in [0.1, 0.15) is 52.4 Å². The molecule has 112 valence electrons. The lowest BCUT2D eigenvalue weighted by Gasteiger charge is -2.43. The quantitative estimate of drug-likeness (QED) is 0.504. The Labute approximate surface area is 121 Å². The van der Waals surface area contributed by atoms with Crippen LogP contribution in [0, 0.1) is 23.7 Å². The maximum atomic E-state index is 10.2. The van der Waals surface area contributed by atoms with Crippen LogP contribution < -0.4 is 0 Å². The van der Waals surface area contributed by atoms with Gasteiger partial charge >= 0.3 is 0 Å². The predicted molar refractivity (Wildman–Crippen MR) is 79.0 cm³/mol. The van der Waals surface area contributed by atoms with Crippen molar-refractivity contribution in [3.63, 3.8) is 0 Å². The van der Waals surface area contributed by atoms with Crippen LogP contribution in [0.4, 0.5) is 0 Å². The summed E-state index contributed by atoms with van der Waals surface area (Å²) in [6.45, 7) is 5.69. The van der Waals surface area contributed by atoms with Crippen molar-refractivity contribution in [3.8, 4) is 0 Å². The summed E-state index contributed by atoms with van der Waals surface area (Å²) in [5, 5.41) is 0. The molecule has 0 aromatic carbocycles. The summed E-state index contributed by atoms with van der Waals surface area (Å²) in [5.41, 5.74) is 0. The molecule has 0 aliphatic heterocycles. The zero-order valence-corrected chi connectivity index (χ0v) is 12.7. The van der Waals surface area contributed by atoms with Crippen molar-refractivity contribution in [2.24, 2.45) is 33.7 Å². The molecule has 0 saturated heterocycles. The molecule has 1 aliphatic carbocycles. The zero-order valence-electron chi connectivity index (χ0n) is 12.7. The Balaban J connectivity index is 2.70. The molecule has 1 fully saturated rings. The fourth-order valence-corrected chi connectivity index (χ4v) is 4.04. The molecule has 0 aromatic heterocycles. The summed E-state index contributed by atoms with van der Waals surface area (Å²) in [6, 6.07) is 0. The van der Waals surface area contributed by atoms with E-state index in [0.29, 0.717) is 30.8 Å². The van der Waals surface area contributed by atoms with Gasteiger partial charge in [0.2, 0.25) is 12.2 Å². The van der Waals surface area contributed by atoms with E-state index in [2.05, 4.69) is 23.8 Å². The van der Waals surface area contributed by atoms with Crippen LogP contribution >= 0.6 is 0 Å². The molecule has 4 atom stereocenters. The first-order chi connectivity index (χ1) is 9.78. The summed E-state index contributed by atoms with van der Waals surface area (Å²) in [6.07, 6.45) is 10.1. The van der Waals surface area contributed by atoms with Gasteiger partial charge in [0.05, 0.1) is 13.1 Å². The number of carbonyl (C=O) groups excluding carboxylic acids is 2. The van der Waals surface area contributed by atoms with Gasteiger partial charge in [-0.1, -0.05) is 26.7 Å². The minimum absolute atomic E-state index is 0.598. The van der Waals surface area contributed by atoms with E-state index >= 15 is 0 Å². The Kier molecular flexibility index (Phi) is 8.10. The molecule has 0 aromatic rings. The molecule has 0 N–H and O–H groups in total. The van der Waals surface area contributed by atoms with Crippen molar-refractivity contribution in [1.82, 2.24) is 0 Å². The Morgan fingerprint density at radius 1 is 0.850 bits per heavy atom. The Hall–Kier alpha value is -1.24. The largest absolute Gasteiger partial charge is 0.234 e. The number of hydrogen-bond acceptors (Lipinski definition) is 4. The van der Waals surface area contributed by atoms with Gasteiger partial charge in [0.25, 0.3) is 0 Å². The number of isocyanates is 2. The van der Waals surface area contributed by atoms with Crippen LogP contribution in [-0.4, -0.2) is 25.2 Å². The maximum Gasteiger partial charge on any atom is 0.234 e. The monoisotopic (exact) mass is 278 g/mol. The minimum Gasteiger partial charge on any atom is -0.211 e. The standard InChI is InChI=1S/C16H26N2O2/c1-3-13-5-6-14(7-9-17-11-19)15(4-2)16(13)8-10-18-12-20/h13-16H,3-10H2,1-2H3. The van der Waals surface area contributed by atoms with Crippen molar-refractivity contribution in [2.75, 3.05) is 13.1 Å². The van der Waals surface area contributed by atoms with Crippen molar-refractivity contribution in [2.45, 2.75) is 52.4 Å². The minimum atomic E-state index is 0.598. The Morgan fingerprint density at radius 2 is 1.45 bits per heavy atom. The summed E-state index contributed by atoms with van der Waals surface area (Å²) in [7, 11) is 0. The number of rotatable bonds is 8. The average Bonchev–Trinajstić information content (AvgIpc) is 2.48. The second-order valence-electron chi connectivity index (χ2n) is 5.77. The van der Waals surface area contributed by atoms with Gasteiger partial charge in [-0.3, -0.25) is 0 Å². The van der Waals surface area contributed by atoms with Crippen LogP contribution in [0.15, 0.2) is 9.98 Å². The Bertz CT molecular complexity index is 371. The summed E-state index contributed by atoms with van der Waals surface area (Å²) >= 11 is 0. The third-order valence-electron chi connectivity index (χ3n) is 4.98. The van der Waals surface area contributed by atoms with Crippen LogP contribution in [0.3, 0.4) is 0 Å². The molecule has 1 rings (SSSR count). The molecule has 1 saturated carbocycles. The lowest BCUT2D eigenvalue weighted by Crippen LogP contribution is -2.35. The zero-order chi connectivity index (χ0) is 14.8.